The summed E-state index contributed by atoms with van der Waals surface area (Å²) in [7, 11) is 5.60. The van der Waals surface area contributed by atoms with Gasteiger partial charge in [-0.1, -0.05) is 0 Å². The Kier molecular flexibility index (Phi) is 8.62. The molecule has 0 bridgehead atoms. The number of hydrogen-bond acceptors (Lipinski definition) is 4. The van der Waals surface area contributed by atoms with Gasteiger partial charge in [-0.2, -0.15) is 0 Å². The Morgan fingerprint density at radius 2 is 1.76 bits per heavy atom. The van der Waals surface area contributed by atoms with Crippen LogP contribution in [0.15, 0.2) is 0 Å². The molecule has 0 spiro atoms. The highest BCUT2D eigenvalue weighted by atomic mass is 16.5. The Morgan fingerprint density at radius 1 is 1.12 bits per heavy atom. The van der Waals surface area contributed by atoms with Gasteiger partial charge < -0.3 is 14.5 Å². The van der Waals surface area contributed by atoms with Crippen molar-refractivity contribution in [3.63, 3.8) is 0 Å². The molecule has 0 unspecified atom stereocenters. The minimum absolute atomic E-state index is 0.00826. The van der Waals surface area contributed by atoms with Crippen LogP contribution in [0.1, 0.15) is 19.8 Å². The SMILES string of the molecule is COCCN(CCCN(C)C)C(=O)CC(C)=O. The molecule has 0 aliphatic heterocycles. The Balaban J connectivity index is 4.11. The van der Waals surface area contributed by atoms with E-state index in [0.717, 1.165) is 13.0 Å². The van der Waals surface area contributed by atoms with Gasteiger partial charge in [0.15, 0.2) is 0 Å². The largest absolute Gasteiger partial charge is 0.383 e. The molecular formula is C12H24N2O3. The molecule has 0 aliphatic rings. The summed E-state index contributed by atoms with van der Waals surface area (Å²) < 4.78 is 4.97. The molecule has 5 heteroatoms. The summed E-state index contributed by atoms with van der Waals surface area (Å²) in [6.07, 6.45) is 0.895. The number of carbonyl (C=O) groups excluding carboxylic acids is 2. The van der Waals surface area contributed by atoms with Gasteiger partial charge in [-0.3, -0.25) is 9.59 Å². The Bertz CT molecular complexity index is 242. The molecule has 17 heavy (non-hydrogen) atoms. The van der Waals surface area contributed by atoms with Gasteiger partial charge in [0.25, 0.3) is 0 Å². The zero-order chi connectivity index (χ0) is 13.3. The van der Waals surface area contributed by atoms with Crippen molar-refractivity contribution in [3.05, 3.63) is 0 Å². The van der Waals surface area contributed by atoms with Crippen LogP contribution in [0.3, 0.4) is 0 Å². The first-order valence-electron chi connectivity index (χ1n) is 5.88. The first-order valence-corrected chi connectivity index (χ1v) is 5.88. The van der Waals surface area contributed by atoms with E-state index in [1.54, 1.807) is 12.0 Å². The third-order valence-corrected chi connectivity index (χ3v) is 2.35. The van der Waals surface area contributed by atoms with Crippen LogP contribution in [0.2, 0.25) is 0 Å². The average molecular weight is 244 g/mol. The summed E-state index contributed by atoms with van der Waals surface area (Å²) in [5.74, 6) is -0.196. The first kappa shape index (κ1) is 16.1. The molecule has 0 fully saturated rings. The summed E-state index contributed by atoms with van der Waals surface area (Å²) in [4.78, 5) is 26.5. The predicted octanol–water partition coefficient (Wildman–Crippen LogP) is 0.392. The average Bonchev–Trinajstić information content (AvgIpc) is 2.21. The molecule has 0 aliphatic carbocycles. The van der Waals surface area contributed by atoms with Crippen LogP contribution in [0.5, 0.6) is 0 Å². The van der Waals surface area contributed by atoms with Gasteiger partial charge in [0.1, 0.15) is 5.78 Å². The van der Waals surface area contributed by atoms with Gasteiger partial charge in [0, 0.05) is 20.2 Å². The van der Waals surface area contributed by atoms with E-state index in [-0.39, 0.29) is 18.1 Å². The number of amides is 1. The van der Waals surface area contributed by atoms with E-state index in [0.29, 0.717) is 19.7 Å². The van der Waals surface area contributed by atoms with Gasteiger partial charge >= 0.3 is 0 Å². The monoisotopic (exact) mass is 244 g/mol. The van der Waals surface area contributed by atoms with E-state index in [4.69, 9.17) is 4.74 Å². The lowest BCUT2D eigenvalue weighted by molar-refractivity contribution is -0.135. The number of Topliss-reactive ketones (excluding diaryl/α,β-unsaturated/α-hetero) is 1. The number of methoxy groups -OCH3 is 1. The zero-order valence-electron chi connectivity index (χ0n) is 11.4. The second-order valence-electron chi connectivity index (χ2n) is 4.41. The van der Waals surface area contributed by atoms with Crippen LogP contribution in [-0.4, -0.2) is 68.9 Å². The standard InChI is InChI=1S/C12H24N2O3/c1-11(15)10-12(16)14(8-9-17-4)7-5-6-13(2)3/h5-10H2,1-4H3. The molecule has 1 amide bonds. The number of nitrogens with zero attached hydrogens (tertiary/aromatic N) is 2. The second-order valence-corrected chi connectivity index (χ2v) is 4.41. The minimum Gasteiger partial charge on any atom is -0.383 e. The third-order valence-electron chi connectivity index (χ3n) is 2.35. The first-order chi connectivity index (χ1) is 7.97. The Hall–Kier alpha value is -0.940. The molecule has 0 aromatic carbocycles. The van der Waals surface area contributed by atoms with Gasteiger partial charge in [0.05, 0.1) is 13.0 Å². The van der Waals surface area contributed by atoms with E-state index in [2.05, 4.69) is 4.90 Å². The fourth-order valence-corrected chi connectivity index (χ4v) is 1.47. The maximum atomic E-state index is 11.8. The Labute approximate surface area is 104 Å². The lowest BCUT2D eigenvalue weighted by Crippen LogP contribution is -2.36. The van der Waals surface area contributed by atoms with Crippen molar-refractivity contribution >= 4 is 11.7 Å². The fourth-order valence-electron chi connectivity index (χ4n) is 1.47. The zero-order valence-corrected chi connectivity index (χ0v) is 11.4. The van der Waals surface area contributed by atoms with Crippen molar-refractivity contribution < 1.29 is 14.3 Å². The summed E-state index contributed by atoms with van der Waals surface area (Å²) in [6, 6.07) is 0. The van der Waals surface area contributed by atoms with E-state index < -0.39 is 0 Å². The van der Waals surface area contributed by atoms with Crippen molar-refractivity contribution in [3.8, 4) is 0 Å². The highest BCUT2D eigenvalue weighted by Gasteiger charge is 2.14. The molecule has 0 atom stereocenters. The van der Waals surface area contributed by atoms with Crippen LogP contribution in [0.25, 0.3) is 0 Å². The molecule has 0 radical (unpaired) electrons. The highest BCUT2D eigenvalue weighted by Crippen LogP contribution is 1.98. The molecule has 100 valence electrons. The molecule has 0 saturated carbocycles. The molecule has 0 aromatic rings. The summed E-state index contributed by atoms with van der Waals surface area (Å²) in [5.41, 5.74) is 0. The summed E-state index contributed by atoms with van der Waals surface area (Å²) >= 11 is 0. The third kappa shape index (κ3) is 8.83. The lowest BCUT2D eigenvalue weighted by atomic mass is 10.2. The van der Waals surface area contributed by atoms with Crippen LogP contribution < -0.4 is 0 Å². The molecule has 0 N–H and O–H groups in total. The highest BCUT2D eigenvalue weighted by molar-refractivity contribution is 5.96. The van der Waals surface area contributed by atoms with Crippen molar-refractivity contribution in [2.24, 2.45) is 0 Å². The molecular weight excluding hydrogens is 220 g/mol. The summed E-state index contributed by atoms with van der Waals surface area (Å²) in [5, 5.41) is 0. The molecule has 0 aromatic heterocycles. The van der Waals surface area contributed by atoms with E-state index in [1.165, 1.54) is 6.92 Å². The molecule has 0 heterocycles. The molecule has 0 saturated heterocycles. The smallest absolute Gasteiger partial charge is 0.230 e. The predicted molar refractivity (Wildman–Crippen MR) is 66.9 cm³/mol. The minimum atomic E-state index is -0.103. The quantitative estimate of drug-likeness (QED) is 0.551. The topological polar surface area (TPSA) is 49.9 Å². The number of ketones is 1. The number of hydrogen-bond donors (Lipinski definition) is 0. The van der Waals surface area contributed by atoms with Crippen molar-refractivity contribution in [2.75, 3.05) is 47.4 Å². The van der Waals surface area contributed by atoms with Gasteiger partial charge in [-0.25, -0.2) is 0 Å². The van der Waals surface area contributed by atoms with E-state index in [9.17, 15) is 9.59 Å². The lowest BCUT2D eigenvalue weighted by Gasteiger charge is -2.22. The van der Waals surface area contributed by atoms with Crippen molar-refractivity contribution in [2.45, 2.75) is 19.8 Å². The summed E-state index contributed by atoms with van der Waals surface area (Å²) in [6.45, 7) is 4.10. The Morgan fingerprint density at radius 3 is 2.24 bits per heavy atom. The van der Waals surface area contributed by atoms with Crippen LogP contribution in [0.4, 0.5) is 0 Å². The maximum absolute atomic E-state index is 11.8. The molecule has 5 nitrogen and oxygen atoms in total. The number of ether oxygens (including phenoxy) is 1. The van der Waals surface area contributed by atoms with E-state index in [1.807, 2.05) is 14.1 Å². The van der Waals surface area contributed by atoms with Crippen LogP contribution >= 0.6 is 0 Å². The normalized spacial score (nSPS) is 10.6. The maximum Gasteiger partial charge on any atom is 0.230 e. The number of carbonyl (C=O) groups is 2. The van der Waals surface area contributed by atoms with Gasteiger partial charge in [-0.05, 0) is 34.0 Å². The van der Waals surface area contributed by atoms with Crippen molar-refractivity contribution in [1.29, 1.82) is 0 Å². The van der Waals surface area contributed by atoms with Crippen LogP contribution in [-0.2, 0) is 14.3 Å². The fraction of sp³-hybridized carbons (Fsp3) is 0.833. The molecule has 0 rings (SSSR count). The number of rotatable bonds is 9. The van der Waals surface area contributed by atoms with Crippen LogP contribution in [0, 0.1) is 0 Å². The van der Waals surface area contributed by atoms with Gasteiger partial charge in [0.2, 0.25) is 5.91 Å². The van der Waals surface area contributed by atoms with E-state index >= 15 is 0 Å². The van der Waals surface area contributed by atoms with Gasteiger partial charge in [-0.15, -0.1) is 0 Å². The van der Waals surface area contributed by atoms with Crippen molar-refractivity contribution in [1.82, 2.24) is 9.80 Å². The second kappa shape index (κ2) is 9.13.